The van der Waals surface area contributed by atoms with Crippen LogP contribution in [0.4, 0.5) is 0 Å². The van der Waals surface area contributed by atoms with E-state index in [4.69, 9.17) is 39.5 Å². The Labute approximate surface area is 158 Å². The molecule has 0 bridgehead atoms. The molecule has 0 radical (unpaired) electrons. The molecule has 0 aliphatic rings. The van der Waals surface area contributed by atoms with Crippen molar-refractivity contribution in [2.45, 2.75) is 26.0 Å². The maximum absolute atomic E-state index is 12.2. The van der Waals surface area contributed by atoms with Gasteiger partial charge < -0.3 is 10.1 Å². The maximum Gasteiger partial charge on any atom is 0.349 e. The molecule has 1 aromatic carbocycles. The standard InChI is InChI=1S/C16H14Cl3NO3S/c1-8(11-4-3-10(17)7-12(11)18)20-15(21)9(2)23-16(22)13-5-6-14(19)24-13/h3-9H,1-2H3,(H,20,21)/t8-,9+/m1/s1. The van der Waals surface area contributed by atoms with Crippen LogP contribution >= 0.6 is 46.1 Å². The number of halogens is 3. The lowest BCUT2D eigenvalue weighted by Gasteiger charge is -2.19. The molecule has 1 aromatic heterocycles. The van der Waals surface area contributed by atoms with Gasteiger partial charge in [-0.1, -0.05) is 40.9 Å². The molecular weight excluding hydrogens is 393 g/mol. The number of rotatable bonds is 5. The van der Waals surface area contributed by atoms with Crippen LogP contribution in [0.15, 0.2) is 30.3 Å². The molecule has 0 aliphatic carbocycles. The van der Waals surface area contributed by atoms with Crippen molar-refractivity contribution in [3.8, 4) is 0 Å². The van der Waals surface area contributed by atoms with Crippen LogP contribution in [0.25, 0.3) is 0 Å². The number of ether oxygens (including phenoxy) is 1. The van der Waals surface area contributed by atoms with Crippen LogP contribution in [0.1, 0.15) is 35.1 Å². The first-order valence-electron chi connectivity index (χ1n) is 6.99. The summed E-state index contributed by atoms with van der Waals surface area (Å²) in [6, 6.07) is 7.81. The molecule has 1 heterocycles. The molecule has 0 saturated carbocycles. The van der Waals surface area contributed by atoms with Gasteiger partial charge in [0.2, 0.25) is 0 Å². The van der Waals surface area contributed by atoms with Gasteiger partial charge in [-0.25, -0.2) is 4.79 Å². The fraction of sp³-hybridized carbons (Fsp3) is 0.250. The van der Waals surface area contributed by atoms with E-state index in [-0.39, 0.29) is 6.04 Å². The topological polar surface area (TPSA) is 55.4 Å². The van der Waals surface area contributed by atoms with Crippen LogP contribution < -0.4 is 5.32 Å². The number of amides is 1. The molecule has 0 unspecified atom stereocenters. The zero-order valence-corrected chi connectivity index (χ0v) is 15.9. The molecule has 0 fully saturated rings. The van der Waals surface area contributed by atoms with Gasteiger partial charge >= 0.3 is 5.97 Å². The van der Waals surface area contributed by atoms with E-state index < -0.39 is 18.0 Å². The van der Waals surface area contributed by atoms with Crippen molar-refractivity contribution in [3.63, 3.8) is 0 Å². The largest absolute Gasteiger partial charge is 0.448 e. The van der Waals surface area contributed by atoms with Crippen molar-refractivity contribution < 1.29 is 14.3 Å². The monoisotopic (exact) mass is 405 g/mol. The molecule has 2 aromatic rings. The number of carbonyl (C=O) groups is 2. The minimum Gasteiger partial charge on any atom is -0.448 e. The van der Waals surface area contributed by atoms with Gasteiger partial charge in [0.1, 0.15) is 4.88 Å². The van der Waals surface area contributed by atoms with E-state index in [1.54, 1.807) is 37.3 Å². The van der Waals surface area contributed by atoms with Crippen LogP contribution in [0.2, 0.25) is 14.4 Å². The molecule has 0 spiro atoms. The van der Waals surface area contributed by atoms with Gasteiger partial charge in [-0.05, 0) is 43.7 Å². The van der Waals surface area contributed by atoms with Crippen molar-refractivity contribution in [1.29, 1.82) is 0 Å². The Kier molecular flexibility index (Phi) is 6.52. The van der Waals surface area contributed by atoms with E-state index >= 15 is 0 Å². The average Bonchev–Trinajstić information content (AvgIpc) is 2.93. The first-order chi connectivity index (χ1) is 11.3. The summed E-state index contributed by atoms with van der Waals surface area (Å²) in [5, 5.41) is 3.72. The van der Waals surface area contributed by atoms with Gasteiger partial charge in [0, 0.05) is 10.0 Å². The molecule has 1 amide bonds. The second kappa shape index (κ2) is 8.21. The Morgan fingerprint density at radius 3 is 2.42 bits per heavy atom. The van der Waals surface area contributed by atoms with Crippen molar-refractivity contribution in [3.05, 3.63) is 55.2 Å². The van der Waals surface area contributed by atoms with Gasteiger partial charge in [-0.3, -0.25) is 4.79 Å². The molecular formula is C16H14Cl3NO3S. The van der Waals surface area contributed by atoms with E-state index in [2.05, 4.69) is 5.32 Å². The van der Waals surface area contributed by atoms with E-state index in [0.717, 1.165) is 16.9 Å². The lowest BCUT2D eigenvalue weighted by molar-refractivity contribution is -0.129. The minimum absolute atomic E-state index is 0.341. The summed E-state index contributed by atoms with van der Waals surface area (Å²) in [4.78, 5) is 24.5. The Morgan fingerprint density at radius 2 is 1.83 bits per heavy atom. The summed E-state index contributed by atoms with van der Waals surface area (Å²) in [5.41, 5.74) is 0.720. The van der Waals surface area contributed by atoms with E-state index in [1.165, 1.54) is 6.92 Å². The fourth-order valence-electron chi connectivity index (χ4n) is 1.96. The molecule has 0 aliphatic heterocycles. The van der Waals surface area contributed by atoms with Crippen molar-refractivity contribution in [1.82, 2.24) is 5.32 Å². The van der Waals surface area contributed by atoms with Gasteiger partial charge in [0.05, 0.1) is 10.4 Å². The van der Waals surface area contributed by atoms with E-state index in [9.17, 15) is 9.59 Å². The molecule has 8 heteroatoms. The van der Waals surface area contributed by atoms with Gasteiger partial charge in [-0.15, -0.1) is 11.3 Å². The smallest absolute Gasteiger partial charge is 0.349 e. The predicted molar refractivity (Wildman–Crippen MR) is 97.2 cm³/mol. The molecule has 1 N–H and O–H groups in total. The molecule has 0 saturated heterocycles. The van der Waals surface area contributed by atoms with Crippen LogP contribution in [0.3, 0.4) is 0 Å². The highest BCUT2D eigenvalue weighted by atomic mass is 35.5. The summed E-state index contributed by atoms with van der Waals surface area (Å²) < 4.78 is 5.62. The lowest BCUT2D eigenvalue weighted by atomic mass is 10.1. The third-order valence-electron chi connectivity index (χ3n) is 3.22. The normalized spacial score (nSPS) is 13.2. The second-order valence-corrected chi connectivity index (χ2v) is 7.61. The Hall–Kier alpha value is -1.27. The minimum atomic E-state index is -0.952. The number of benzene rings is 1. The molecule has 128 valence electrons. The summed E-state index contributed by atoms with van der Waals surface area (Å²) in [6.07, 6.45) is -0.952. The Bertz CT molecular complexity index is 763. The zero-order valence-electron chi connectivity index (χ0n) is 12.8. The molecule has 2 atom stereocenters. The highest BCUT2D eigenvalue weighted by Crippen LogP contribution is 2.26. The second-order valence-electron chi connectivity index (χ2n) is 5.05. The fourth-order valence-corrected chi connectivity index (χ4v) is 3.46. The Morgan fingerprint density at radius 1 is 1.12 bits per heavy atom. The lowest BCUT2D eigenvalue weighted by Crippen LogP contribution is -2.37. The number of nitrogens with one attached hydrogen (secondary N) is 1. The molecule has 4 nitrogen and oxygen atoms in total. The van der Waals surface area contributed by atoms with Crippen LogP contribution in [0.5, 0.6) is 0 Å². The van der Waals surface area contributed by atoms with Gasteiger partial charge in [-0.2, -0.15) is 0 Å². The zero-order chi connectivity index (χ0) is 17.9. The van der Waals surface area contributed by atoms with Crippen LogP contribution in [-0.4, -0.2) is 18.0 Å². The first-order valence-corrected chi connectivity index (χ1v) is 8.94. The van der Waals surface area contributed by atoms with Crippen molar-refractivity contribution >= 4 is 58.0 Å². The number of thiophene rings is 1. The van der Waals surface area contributed by atoms with Gasteiger partial charge in [0.15, 0.2) is 6.10 Å². The first kappa shape index (κ1) is 19.1. The SMILES string of the molecule is C[C@H](OC(=O)c1ccc(Cl)s1)C(=O)N[C@H](C)c1ccc(Cl)cc1Cl. The molecule has 2 rings (SSSR count). The van der Waals surface area contributed by atoms with Crippen LogP contribution in [0, 0.1) is 0 Å². The van der Waals surface area contributed by atoms with Crippen molar-refractivity contribution in [2.24, 2.45) is 0 Å². The number of carbonyl (C=O) groups excluding carboxylic acids is 2. The predicted octanol–water partition coefficient (Wildman–Crippen LogP) is 5.13. The summed E-state index contributed by atoms with van der Waals surface area (Å²) in [6.45, 7) is 3.28. The number of hydrogen-bond acceptors (Lipinski definition) is 4. The summed E-state index contributed by atoms with van der Waals surface area (Å²) >= 11 is 18.8. The van der Waals surface area contributed by atoms with E-state index in [1.807, 2.05) is 0 Å². The third kappa shape index (κ3) is 4.86. The van der Waals surface area contributed by atoms with Crippen LogP contribution in [-0.2, 0) is 9.53 Å². The highest BCUT2D eigenvalue weighted by molar-refractivity contribution is 7.17. The number of esters is 1. The van der Waals surface area contributed by atoms with Gasteiger partial charge in [0.25, 0.3) is 5.91 Å². The average molecular weight is 407 g/mol. The summed E-state index contributed by atoms with van der Waals surface area (Å²) in [5.74, 6) is -1.02. The Balaban J connectivity index is 1.96. The highest BCUT2D eigenvalue weighted by Gasteiger charge is 2.22. The third-order valence-corrected chi connectivity index (χ3v) is 4.99. The molecule has 24 heavy (non-hydrogen) atoms. The summed E-state index contributed by atoms with van der Waals surface area (Å²) in [7, 11) is 0. The number of hydrogen-bond donors (Lipinski definition) is 1. The quantitative estimate of drug-likeness (QED) is 0.700. The maximum atomic E-state index is 12.2. The van der Waals surface area contributed by atoms with E-state index in [0.29, 0.717) is 19.3 Å². The van der Waals surface area contributed by atoms with Crippen molar-refractivity contribution in [2.75, 3.05) is 0 Å².